The monoisotopic (exact) mass is 330 g/mol. The van der Waals surface area contributed by atoms with Gasteiger partial charge in [0.2, 0.25) is 11.8 Å². The van der Waals surface area contributed by atoms with E-state index >= 15 is 0 Å². The van der Waals surface area contributed by atoms with Crippen molar-refractivity contribution in [3.05, 3.63) is 16.8 Å². The Hall–Kier alpha value is -2.09. The Balaban J connectivity index is 3.25. The molecular formula is C19H30N4O. The highest BCUT2D eigenvalue weighted by Gasteiger charge is 2.16. The lowest BCUT2D eigenvalue weighted by atomic mass is 10.1. The molecule has 0 atom stereocenters. The number of ether oxygens (including phenoxy) is 1. The molecule has 0 aliphatic carbocycles. The van der Waals surface area contributed by atoms with Crippen molar-refractivity contribution >= 4 is 12.0 Å². The van der Waals surface area contributed by atoms with Gasteiger partial charge in [-0.25, -0.2) is 4.98 Å². The van der Waals surface area contributed by atoms with E-state index in [1.165, 1.54) is 0 Å². The number of hydrogen-bond acceptors (Lipinski definition) is 5. The van der Waals surface area contributed by atoms with Gasteiger partial charge in [-0.1, -0.05) is 26.7 Å². The molecule has 5 nitrogen and oxygen atoms in total. The average molecular weight is 330 g/mol. The summed E-state index contributed by atoms with van der Waals surface area (Å²) in [4.78, 5) is 11.6. The largest absolute Gasteiger partial charge is 0.477 e. The molecule has 0 saturated heterocycles. The summed E-state index contributed by atoms with van der Waals surface area (Å²) in [5.41, 5.74) is 2.26. The van der Waals surface area contributed by atoms with E-state index in [2.05, 4.69) is 29.8 Å². The van der Waals surface area contributed by atoms with Crippen molar-refractivity contribution in [2.75, 3.05) is 24.6 Å². The number of allylic oxidation sites excluding steroid dienone is 1. The maximum absolute atomic E-state index is 9.04. The number of nitriles is 1. The first-order valence-electron chi connectivity index (χ1n) is 8.92. The maximum Gasteiger partial charge on any atom is 0.228 e. The van der Waals surface area contributed by atoms with Gasteiger partial charge in [-0.2, -0.15) is 10.2 Å². The molecule has 0 bridgehead atoms. The number of rotatable bonds is 10. The molecule has 1 aromatic heterocycles. The van der Waals surface area contributed by atoms with Crippen molar-refractivity contribution in [3.8, 4) is 11.9 Å². The Morgan fingerprint density at radius 1 is 1.17 bits per heavy atom. The van der Waals surface area contributed by atoms with Gasteiger partial charge in [-0.15, -0.1) is 0 Å². The fraction of sp³-hybridized carbons (Fsp3) is 0.632. The molecule has 0 N–H and O–H groups in total. The van der Waals surface area contributed by atoms with E-state index in [9.17, 15) is 0 Å². The minimum absolute atomic E-state index is 0.534. The second-order valence-electron chi connectivity index (χ2n) is 5.89. The van der Waals surface area contributed by atoms with Gasteiger partial charge in [0.15, 0.2) is 0 Å². The highest BCUT2D eigenvalue weighted by Crippen LogP contribution is 2.25. The van der Waals surface area contributed by atoms with Crippen LogP contribution in [0.2, 0.25) is 0 Å². The summed E-state index contributed by atoms with van der Waals surface area (Å²) in [5.74, 6) is 1.29. The maximum atomic E-state index is 9.04. The van der Waals surface area contributed by atoms with Crippen LogP contribution in [0.3, 0.4) is 0 Å². The van der Waals surface area contributed by atoms with Gasteiger partial charge < -0.3 is 9.64 Å². The minimum atomic E-state index is 0.534. The molecule has 0 aliphatic heterocycles. The van der Waals surface area contributed by atoms with E-state index in [0.29, 0.717) is 18.1 Å². The molecule has 0 amide bonds. The predicted octanol–water partition coefficient (Wildman–Crippen LogP) is 4.52. The molecule has 0 aromatic carbocycles. The summed E-state index contributed by atoms with van der Waals surface area (Å²) < 4.78 is 5.73. The van der Waals surface area contributed by atoms with Crippen LogP contribution in [0, 0.1) is 18.3 Å². The molecule has 0 saturated carbocycles. The van der Waals surface area contributed by atoms with Gasteiger partial charge in [0.1, 0.15) is 0 Å². The van der Waals surface area contributed by atoms with Crippen LogP contribution < -0.4 is 9.64 Å². The van der Waals surface area contributed by atoms with E-state index in [0.717, 1.165) is 56.0 Å². The van der Waals surface area contributed by atoms with Crippen LogP contribution >= 0.6 is 0 Å². The third kappa shape index (κ3) is 5.84. The lowest BCUT2D eigenvalue weighted by molar-refractivity contribution is 0.325. The number of unbranched alkanes of at least 4 members (excludes halogenated alkanes) is 2. The summed E-state index contributed by atoms with van der Waals surface area (Å²) in [6.07, 6.45) is 6.31. The molecule has 24 heavy (non-hydrogen) atoms. The first-order valence-corrected chi connectivity index (χ1v) is 8.92. The predicted molar refractivity (Wildman–Crippen MR) is 99.2 cm³/mol. The molecule has 1 heterocycles. The molecule has 1 aromatic rings. The van der Waals surface area contributed by atoms with Crippen LogP contribution in [0.4, 0.5) is 5.95 Å². The zero-order valence-corrected chi connectivity index (χ0v) is 15.7. The number of nitrogens with zero attached hydrogens (tertiary/aromatic N) is 4. The van der Waals surface area contributed by atoms with E-state index < -0.39 is 0 Å². The molecule has 1 rings (SSSR count). The summed E-state index contributed by atoms with van der Waals surface area (Å²) >= 11 is 0. The van der Waals surface area contributed by atoms with Crippen LogP contribution in [-0.4, -0.2) is 29.7 Å². The Morgan fingerprint density at radius 3 is 2.29 bits per heavy atom. The molecule has 0 spiro atoms. The lowest BCUT2D eigenvalue weighted by Gasteiger charge is -2.23. The minimum Gasteiger partial charge on any atom is -0.477 e. The standard InChI is InChI=1S/C19H30N4O/c1-6-9-11-23(12-10-7-2)19-21-16(5)17(13-15(4)14-20)18(22-19)24-8-3/h13H,6-12H2,1-5H3/b15-13+. The van der Waals surface area contributed by atoms with Crippen LogP contribution in [0.1, 0.15) is 64.6 Å². The van der Waals surface area contributed by atoms with Crippen molar-refractivity contribution in [1.29, 1.82) is 5.26 Å². The van der Waals surface area contributed by atoms with Crippen LogP contribution in [0.5, 0.6) is 5.88 Å². The topological polar surface area (TPSA) is 62.0 Å². The highest BCUT2D eigenvalue weighted by molar-refractivity contribution is 5.63. The summed E-state index contributed by atoms with van der Waals surface area (Å²) in [6.45, 7) is 12.5. The molecule has 0 radical (unpaired) electrons. The quantitative estimate of drug-likeness (QED) is 0.590. The van der Waals surface area contributed by atoms with Crippen molar-refractivity contribution in [2.45, 2.75) is 60.3 Å². The van der Waals surface area contributed by atoms with Gasteiger partial charge in [0, 0.05) is 18.7 Å². The lowest BCUT2D eigenvalue weighted by Crippen LogP contribution is -2.28. The van der Waals surface area contributed by atoms with Crippen molar-refractivity contribution in [3.63, 3.8) is 0 Å². The SMILES string of the molecule is CCCCN(CCCC)c1nc(C)c(/C=C(\C)C#N)c(OCC)n1. The number of hydrogen-bond donors (Lipinski definition) is 0. The average Bonchev–Trinajstić information content (AvgIpc) is 2.57. The smallest absolute Gasteiger partial charge is 0.228 e. The zero-order valence-electron chi connectivity index (χ0n) is 15.7. The fourth-order valence-corrected chi connectivity index (χ4v) is 2.35. The van der Waals surface area contributed by atoms with Gasteiger partial charge in [0.25, 0.3) is 0 Å². The fourth-order valence-electron chi connectivity index (χ4n) is 2.35. The Kier molecular flexibility index (Phi) is 8.85. The van der Waals surface area contributed by atoms with Gasteiger partial charge in [-0.3, -0.25) is 0 Å². The van der Waals surface area contributed by atoms with Crippen molar-refractivity contribution in [2.24, 2.45) is 0 Å². The van der Waals surface area contributed by atoms with Gasteiger partial charge in [-0.05, 0) is 39.7 Å². The van der Waals surface area contributed by atoms with E-state index in [1.54, 1.807) is 13.0 Å². The molecule has 0 unspecified atom stereocenters. The molecular weight excluding hydrogens is 300 g/mol. The van der Waals surface area contributed by atoms with Crippen molar-refractivity contribution in [1.82, 2.24) is 9.97 Å². The first kappa shape index (κ1) is 20.0. The highest BCUT2D eigenvalue weighted by atomic mass is 16.5. The third-order valence-electron chi connectivity index (χ3n) is 3.75. The second kappa shape index (κ2) is 10.6. The van der Waals surface area contributed by atoms with E-state index in [4.69, 9.17) is 15.0 Å². The molecule has 5 heteroatoms. The van der Waals surface area contributed by atoms with Crippen molar-refractivity contribution < 1.29 is 4.74 Å². The van der Waals surface area contributed by atoms with Gasteiger partial charge in [0.05, 0.1) is 23.9 Å². The zero-order chi connectivity index (χ0) is 17.9. The van der Waals surface area contributed by atoms with Crippen LogP contribution in [0.15, 0.2) is 5.57 Å². The van der Waals surface area contributed by atoms with Gasteiger partial charge >= 0.3 is 0 Å². The van der Waals surface area contributed by atoms with E-state index in [-0.39, 0.29) is 0 Å². The molecule has 0 aliphatic rings. The van der Waals surface area contributed by atoms with E-state index in [1.807, 2.05) is 13.8 Å². The third-order valence-corrected chi connectivity index (χ3v) is 3.75. The Bertz CT molecular complexity index is 582. The summed E-state index contributed by atoms with van der Waals surface area (Å²) in [7, 11) is 0. The molecule has 0 fully saturated rings. The first-order chi connectivity index (χ1) is 11.6. The molecule has 132 valence electrons. The van der Waals surface area contributed by atoms with Crippen LogP contribution in [-0.2, 0) is 0 Å². The summed E-state index contributed by atoms with van der Waals surface area (Å²) in [6, 6.07) is 2.14. The summed E-state index contributed by atoms with van der Waals surface area (Å²) in [5, 5.41) is 9.04. The Labute approximate surface area is 146 Å². The second-order valence-corrected chi connectivity index (χ2v) is 5.89. The number of aromatic nitrogens is 2. The number of aryl methyl sites for hydroxylation is 1. The number of anilines is 1. The normalized spacial score (nSPS) is 11.2. The van der Waals surface area contributed by atoms with Crippen LogP contribution in [0.25, 0.3) is 6.08 Å². The Morgan fingerprint density at radius 2 is 1.79 bits per heavy atom.